The first-order valence-corrected chi connectivity index (χ1v) is 7.19. The van der Waals surface area contributed by atoms with Gasteiger partial charge < -0.3 is 14.7 Å². The van der Waals surface area contributed by atoms with Crippen LogP contribution < -0.4 is 4.74 Å². The molecule has 2 rings (SSSR count). The third-order valence-electron chi connectivity index (χ3n) is 3.78. The quantitative estimate of drug-likeness (QED) is 0.836. The first-order valence-electron chi connectivity index (χ1n) is 7.19. The molecule has 0 radical (unpaired) electrons. The van der Waals surface area contributed by atoms with E-state index >= 15 is 0 Å². The van der Waals surface area contributed by atoms with Crippen LogP contribution in [0.3, 0.4) is 0 Å². The Bertz CT molecular complexity index is 537. The van der Waals surface area contributed by atoms with Crippen molar-refractivity contribution in [3.63, 3.8) is 0 Å². The molecule has 114 valence electrons. The first-order chi connectivity index (χ1) is 9.99. The number of carboxylic acid groups (broad SMARTS) is 1. The molecule has 0 bridgehead atoms. The lowest BCUT2D eigenvalue weighted by molar-refractivity contribution is -0.139. The van der Waals surface area contributed by atoms with E-state index in [1.165, 1.54) is 0 Å². The van der Waals surface area contributed by atoms with Crippen LogP contribution in [-0.2, 0) is 9.59 Å². The fourth-order valence-electron chi connectivity index (χ4n) is 2.22. The average molecular weight is 291 g/mol. The van der Waals surface area contributed by atoms with E-state index in [4.69, 9.17) is 9.84 Å². The molecule has 1 fully saturated rings. The predicted molar refractivity (Wildman–Crippen MR) is 78.4 cm³/mol. The zero-order valence-electron chi connectivity index (χ0n) is 12.5. The SMILES string of the molecule is Cc1cccc(OCC(=O)N(CCC(=O)O)C2CC2)c1C. The summed E-state index contributed by atoms with van der Waals surface area (Å²) in [5.41, 5.74) is 2.14. The predicted octanol–water partition coefficient (Wildman–Crippen LogP) is 2.15. The number of carboxylic acids is 1. The lowest BCUT2D eigenvalue weighted by atomic mass is 10.1. The molecule has 1 amide bonds. The molecular weight excluding hydrogens is 270 g/mol. The number of aliphatic carboxylic acids is 1. The van der Waals surface area contributed by atoms with Crippen molar-refractivity contribution in [2.75, 3.05) is 13.2 Å². The van der Waals surface area contributed by atoms with E-state index in [-0.39, 0.29) is 31.5 Å². The standard InChI is InChI=1S/C16H21NO4/c1-11-4-3-5-14(12(11)2)21-10-15(18)17(13-6-7-13)9-8-16(19)20/h3-5,13H,6-10H2,1-2H3,(H,19,20). The Kier molecular flexibility index (Phi) is 4.83. The van der Waals surface area contributed by atoms with Gasteiger partial charge in [-0.25, -0.2) is 0 Å². The van der Waals surface area contributed by atoms with Gasteiger partial charge in [0.2, 0.25) is 0 Å². The summed E-state index contributed by atoms with van der Waals surface area (Å²) in [4.78, 5) is 24.5. The first kappa shape index (κ1) is 15.4. The van der Waals surface area contributed by atoms with Gasteiger partial charge in [0.15, 0.2) is 6.61 Å². The van der Waals surface area contributed by atoms with Crippen LogP contribution in [-0.4, -0.2) is 41.1 Å². The molecule has 0 saturated heterocycles. The van der Waals surface area contributed by atoms with E-state index in [1.54, 1.807) is 4.90 Å². The van der Waals surface area contributed by atoms with Crippen LogP contribution in [0.25, 0.3) is 0 Å². The van der Waals surface area contributed by atoms with Gasteiger partial charge >= 0.3 is 5.97 Å². The summed E-state index contributed by atoms with van der Waals surface area (Å²) in [5.74, 6) is -0.319. The minimum absolute atomic E-state index is 0.0221. The Morgan fingerprint density at radius 2 is 2.05 bits per heavy atom. The molecule has 0 heterocycles. The number of aryl methyl sites for hydroxylation is 1. The molecule has 1 aliphatic carbocycles. The van der Waals surface area contributed by atoms with Gasteiger partial charge in [0.05, 0.1) is 6.42 Å². The molecule has 1 aromatic rings. The Morgan fingerprint density at radius 3 is 2.67 bits per heavy atom. The summed E-state index contributed by atoms with van der Waals surface area (Å²) >= 11 is 0. The van der Waals surface area contributed by atoms with Crippen molar-refractivity contribution in [1.82, 2.24) is 4.90 Å². The smallest absolute Gasteiger partial charge is 0.305 e. The Labute approximate surface area is 124 Å². The van der Waals surface area contributed by atoms with E-state index < -0.39 is 5.97 Å². The summed E-state index contributed by atoms with van der Waals surface area (Å²) in [7, 11) is 0. The largest absolute Gasteiger partial charge is 0.483 e. The van der Waals surface area contributed by atoms with Crippen LogP contribution in [0.1, 0.15) is 30.4 Å². The van der Waals surface area contributed by atoms with Gasteiger partial charge in [-0.05, 0) is 43.9 Å². The van der Waals surface area contributed by atoms with Crippen molar-refractivity contribution in [3.05, 3.63) is 29.3 Å². The minimum atomic E-state index is -0.885. The highest BCUT2D eigenvalue weighted by Crippen LogP contribution is 2.27. The van der Waals surface area contributed by atoms with Crippen LogP contribution in [0.5, 0.6) is 5.75 Å². The van der Waals surface area contributed by atoms with E-state index in [9.17, 15) is 9.59 Å². The number of ether oxygens (including phenoxy) is 1. The van der Waals surface area contributed by atoms with Crippen LogP contribution in [0.4, 0.5) is 0 Å². The lowest BCUT2D eigenvalue weighted by Gasteiger charge is -2.22. The fraction of sp³-hybridized carbons (Fsp3) is 0.500. The molecule has 5 heteroatoms. The number of hydrogen-bond acceptors (Lipinski definition) is 3. The summed E-state index contributed by atoms with van der Waals surface area (Å²) < 4.78 is 5.61. The number of hydrogen-bond donors (Lipinski definition) is 1. The van der Waals surface area contributed by atoms with Crippen LogP contribution in [0.2, 0.25) is 0 Å². The number of benzene rings is 1. The second-order valence-electron chi connectivity index (χ2n) is 5.45. The van der Waals surface area contributed by atoms with Gasteiger partial charge in [-0.1, -0.05) is 12.1 Å². The molecule has 0 unspecified atom stereocenters. The van der Waals surface area contributed by atoms with Crippen LogP contribution in [0.15, 0.2) is 18.2 Å². The zero-order chi connectivity index (χ0) is 15.4. The lowest BCUT2D eigenvalue weighted by Crippen LogP contribution is -2.38. The van der Waals surface area contributed by atoms with Crippen molar-refractivity contribution in [2.24, 2.45) is 0 Å². The van der Waals surface area contributed by atoms with Crippen LogP contribution in [0, 0.1) is 13.8 Å². The monoisotopic (exact) mass is 291 g/mol. The van der Waals surface area contributed by atoms with Crippen LogP contribution >= 0.6 is 0 Å². The number of carbonyl (C=O) groups excluding carboxylic acids is 1. The molecule has 0 spiro atoms. The van der Waals surface area contributed by atoms with E-state index in [0.717, 1.165) is 24.0 Å². The molecule has 21 heavy (non-hydrogen) atoms. The highest BCUT2D eigenvalue weighted by atomic mass is 16.5. The van der Waals surface area contributed by atoms with Crippen molar-refractivity contribution in [1.29, 1.82) is 0 Å². The highest BCUT2D eigenvalue weighted by Gasteiger charge is 2.32. The van der Waals surface area contributed by atoms with Gasteiger partial charge in [-0.15, -0.1) is 0 Å². The highest BCUT2D eigenvalue weighted by molar-refractivity contribution is 5.79. The normalized spacial score (nSPS) is 13.8. The Hall–Kier alpha value is -2.04. The van der Waals surface area contributed by atoms with E-state index in [0.29, 0.717) is 5.75 Å². The molecule has 0 aromatic heterocycles. The summed E-state index contributed by atoms with van der Waals surface area (Å²) in [6.45, 7) is 4.17. The maximum Gasteiger partial charge on any atom is 0.305 e. The summed E-state index contributed by atoms with van der Waals surface area (Å²) in [6, 6.07) is 5.92. The van der Waals surface area contributed by atoms with E-state index in [2.05, 4.69) is 0 Å². The molecule has 0 aliphatic heterocycles. The number of amides is 1. The topological polar surface area (TPSA) is 66.8 Å². The van der Waals surface area contributed by atoms with Gasteiger partial charge in [-0.2, -0.15) is 0 Å². The average Bonchev–Trinajstić information content (AvgIpc) is 3.25. The van der Waals surface area contributed by atoms with Crippen molar-refractivity contribution in [2.45, 2.75) is 39.2 Å². The van der Waals surface area contributed by atoms with Crippen molar-refractivity contribution < 1.29 is 19.4 Å². The second kappa shape index (κ2) is 6.61. The molecular formula is C16H21NO4. The van der Waals surface area contributed by atoms with Gasteiger partial charge in [0, 0.05) is 12.6 Å². The molecule has 1 N–H and O–H groups in total. The summed E-state index contributed by atoms with van der Waals surface area (Å²) in [5, 5.41) is 8.75. The van der Waals surface area contributed by atoms with E-state index in [1.807, 2.05) is 32.0 Å². The number of rotatable bonds is 7. The maximum absolute atomic E-state index is 12.2. The maximum atomic E-state index is 12.2. The molecule has 1 aromatic carbocycles. The Balaban J connectivity index is 1.92. The Morgan fingerprint density at radius 1 is 1.33 bits per heavy atom. The van der Waals surface area contributed by atoms with Crippen molar-refractivity contribution in [3.8, 4) is 5.75 Å². The summed E-state index contributed by atoms with van der Waals surface area (Å²) in [6.07, 6.45) is 1.88. The minimum Gasteiger partial charge on any atom is -0.483 e. The van der Waals surface area contributed by atoms with Crippen molar-refractivity contribution >= 4 is 11.9 Å². The third kappa shape index (κ3) is 4.21. The molecule has 1 aliphatic rings. The zero-order valence-corrected chi connectivity index (χ0v) is 12.5. The van der Waals surface area contributed by atoms with Gasteiger partial charge in [0.1, 0.15) is 5.75 Å². The second-order valence-corrected chi connectivity index (χ2v) is 5.45. The third-order valence-corrected chi connectivity index (χ3v) is 3.78. The molecule has 5 nitrogen and oxygen atoms in total. The van der Waals surface area contributed by atoms with Gasteiger partial charge in [0.25, 0.3) is 5.91 Å². The molecule has 0 atom stereocenters. The fourth-order valence-corrected chi connectivity index (χ4v) is 2.22. The molecule has 1 saturated carbocycles. The number of nitrogens with zero attached hydrogens (tertiary/aromatic N) is 1. The number of carbonyl (C=O) groups is 2. The van der Waals surface area contributed by atoms with Gasteiger partial charge in [-0.3, -0.25) is 9.59 Å².